The lowest BCUT2D eigenvalue weighted by atomic mass is 9.48. The number of carbonyl (C=O) groups excluding carboxylic acids is 2. The minimum atomic E-state index is -1.96. The van der Waals surface area contributed by atoms with Crippen LogP contribution in [0.1, 0.15) is 40.1 Å². The number of para-hydroxylation sites is 3. The fourth-order valence-electron chi connectivity index (χ4n) is 10.1. The highest BCUT2D eigenvalue weighted by molar-refractivity contribution is 7.81. The fraction of sp³-hybridized carbons (Fsp3) is 0.127. The summed E-state index contributed by atoms with van der Waals surface area (Å²) in [6.45, 7) is 0. The van der Waals surface area contributed by atoms with Crippen molar-refractivity contribution in [3.63, 3.8) is 0 Å². The fourth-order valence-corrected chi connectivity index (χ4v) is 10.7. The lowest BCUT2D eigenvalue weighted by molar-refractivity contribution is -0.144. The highest BCUT2D eigenvalue weighted by atomic mass is 35.5. The number of benzene rings is 7. The summed E-state index contributed by atoms with van der Waals surface area (Å²) < 4.78 is 11.4. The van der Waals surface area contributed by atoms with Gasteiger partial charge in [0.25, 0.3) is 11.8 Å². The first-order valence-electron chi connectivity index (χ1n) is 21.5. The van der Waals surface area contributed by atoms with Crippen LogP contribution in [0.3, 0.4) is 0 Å². The van der Waals surface area contributed by atoms with Crippen molar-refractivity contribution in [2.45, 2.75) is 17.9 Å². The molecule has 2 aliphatic heterocycles. The molecule has 4 unspecified atom stereocenters. The Labute approximate surface area is 398 Å². The Balaban J connectivity index is 1.39. The zero-order chi connectivity index (χ0) is 45.5. The van der Waals surface area contributed by atoms with E-state index in [0.717, 1.165) is 22.4 Å². The van der Waals surface area contributed by atoms with E-state index in [1.807, 2.05) is 193 Å². The molecule has 7 aromatic rings. The predicted octanol–water partition coefficient (Wildman–Crippen LogP) is 12.6. The molecule has 1 saturated carbocycles. The van der Waals surface area contributed by atoms with Gasteiger partial charge in [0.2, 0.25) is 0 Å². The Bertz CT molecular complexity index is 2930. The monoisotopic (exact) mass is 924 g/mol. The van der Waals surface area contributed by atoms with Crippen LogP contribution in [0.2, 0.25) is 10.0 Å². The number of carbonyl (C=O) groups is 2. The first-order chi connectivity index (χ1) is 32.2. The van der Waals surface area contributed by atoms with Crippen molar-refractivity contribution >= 4 is 81.2 Å². The summed E-state index contributed by atoms with van der Waals surface area (Å²) >= 11 is 19.5. The average Bonchev–Trinajstić information content (AvgIpc) is 3.75. The molecule has 7 aromatic carbocycles. The summed E-state index contributed by atoms with van der Waals surface area (Å²) in [6, 6.07) is 58.7. The Morgan fingerprint density at radius 1 is 0.561 bits per heavy atom. The van der Waals surface area contributed by atoms with Crippen LogP contribution in [0.25, 0.3) is 6.08 Å². The van der Waals surface area contributed by atoms with Crippen molar-refractivity contribution in [2.75, 3.05) is 29.0 Å². The summed E-state index contributed by atoms with van der Waals surface area (Å²) in [5, 5.41) is 8.89. The third-order valence-electron chi connectivity index (χ3n) is 12.9. The maximum absolute atomic E-state index is 17.0. The smallest absolute Gasteiger partial charge is 0.250 e. The summed E-state index contributed by atoms with van der Waals surface area (Å²) in [7, 11) is 3.23. The highest BCUT2D eigenvalue weighted by Gasteiger charge is 2.72. The van der Waals surface area contributed by atoms with E-state index in [9.17, 15) is 0 Å². The number of nitrogens with zero attached hydrogens (tertiary/aromatic N) is 4. The molecule has 0 radical (unpaired) electrons. The molecule has 2 amide bonds. The summed E-state index contributed by atoms with van der Waals surface area (Å²) in [4.78, 5) is 37.1. The second kappa shape index (κ2) is 17.7. The van der Waals surface area contributed by atoms with E-state index in [2.05, 4.69) is 6.08 Å². The van der Waals surface area contributed by atoms with E-state index in [-0.39, 0.29) is 5.11 Å². The number of amides is 2. The van der Waals surface area contributed by atoms with Crippen LogP contribution < -0.4 is 24.3 Å². The molecule has 3 aliphatic rings. The van der Waals surface area contributed by atoms with Crippen molar-refractivity contribution in [1.82, 2.24) is 0 Å². The number of hydrogen-bond donors (Lipinski definition) is 0. The molecular weight excluding hydrogens is 884 g/mol. The standard InChI is InChI=1S/C55H42Cl2N4O4S/c1-64-44-30-22-36(23-31-44)48-46(34-35-18-26-39(56)27-19-35)50-47(51(38-20-28-40(57)29-21-38)61(58-50)43-16-10-5-11-17-43)49(37-24-32-45(65-2)33-25-37)55(48)52(62)59(41-12-6-3-7-13-41)54(66)60(53(55)63)42-14-8-4-9-15-42/h3-34,47-49,51H,1-2H3/b46-34-. The third kappa shape index (κ3) is 7.24. The predicted molar refractivity (Wildman–Crippen MR) is 268 cm³/mol. The number of hydrazone groups is 1. The number of ether oxygens (including phenoxy) is 2. The highest BCUT2D eigenvalue weighted by Crippen LogP contribution is 2.66. The van der Waals surface area contributed by atoms with Crippen LogP contribution in [0.5, 0.6) is 11.5 Å². The number of anilines is 3. The minimum Gasteiger partial charge on any atom is -0.497 e. The second-order valence-corrected chi connectivity index (χ2v) is 17.6. The van der Waals surface area contributed by atoms with E-state index in [0.29, 0.717) is 49.8 Å². The SMILES string of the molecule is COc1ccc(C2/C(=C/c3ccc(Cl)cc3)C3=NN(c4ccccc4)C(c4ccc(Cl)cc4)C3C(c3ccc(OC)cc3)C23C(=O)N(c2ccccc2)C(=S)N(c2ccccc2)C3=O)cc1. The molecule has 0 aromatic heterocycles. The minimum absolute atomic E-state index is 0.0456. The van der Waals surface area contributed by atoms with Gasteiger partial charge in [0, 0.05) is 27.8 Å². The van der Waals surface area contributed by atoms with E-state index in [4.69, 9.17) is 50.0 Å². The molecule has 10 rings (SSSR count). The van der Waals surface area contributed by atoms with Crippen LogP contribution in [0, 0.1) is 11.3 Å². The first kappa shape index (κ1) is 42.9. The molecular formula is C55H42Cl2N4O4S. The van der Waals surface area contributed by atoms with Crippen LogP contribution >= 0.6 is 35.4 Å². The Morgan fingerprint density at radius 2 is 1.00 bits per heavy atom. The maximum atomic E-state index is 17.0. The first-order valence-corrected chi connectivity index (χ1v) is 22.7. The van der Waals surface area contributed by atoms with E-state index in [1.54, 1.807) is 24.0 Å². The lowest BCUT2D eigenvalue weighted by Gasteiger charge is -2.57. The Morgan fingerprint density at radius 3 is 1.48 bits per heavy atom. The van der Waals surface area contributed by atoms with Gasteiger partial charge >= 0.3 is 0 Å². The largest absolute Gasteiger partial charge is 0.497 e. The van der Waals surface area contributed by atoms with Crippen LogP contribution in [-0.4, -0.2) is 36.9 Å². The molecule has 4 atom stereocenters. The maximum Gasteiger partial charge on any atom is 0.250 e. The molecule has 2 heterocycles. The topological polar surface area (TPSA) is 74.7 Å². The third-order valence-corrected chi connectivity index (χ3v) is 13.8. The second-order valence-electron chi connectivity index (χ2n) is 16.4. The number of thiocarbonyl (C=S) groups is 1. The van der Waals surface area contributed by atoms with Gasteiger partial charge < -0.3 is 9.47 Å². The molecule has 66 heavy (non-hydrogen) atoms. The van der Waals surface area contributed by atoms with Crippen LogP contribution in [-0.2, 0) is 9.59 Å². The number of rotatable bonds is 9. The van der Waals surface area contributed by atoms with E-state index < -0.39 is 41.0 Å². The van der Waals surface area contributed by atoms with Gasteiger partial charge in [0.1, 0.15) is 16.9 Å². The summed E-state index contributed by atoms with van der Waals surface area (Å²) in [5.41, 5.74) is 4.45. The van der Waals surface area contributed by atoms with Crippen molar-refractivity contribution < 1.29 is 19.1 Å². The quantitative estimate of drug-likeness (QED) is 0.106. The van der Waals surface area contributed by atoms with Gasteiger partial charge in [-0.3, -0.25) is 24.4 Å². The van der Waals surface area contributed by atoms with Gasteiger partial charge in [-0.2, -0.15) is 5.10 Å². The number of hydrogen-bond acceptors (Lipinski definition) is 7. The van der Waals surface area contributed by atoms with Crippen molar-refractivity contribution in [3.05, 3.63) is 226 Å². The molecule has 1 spiro atoms. The van der Waals surface area contributed by atoms with Crippen molar-refractivity contribution in [1.29, 1.82) is 0 Å². The van der Waals surface area contributed by atoms with Gasteiger partial charge in [0.15, 0.2) is 5.11 Å². The van der Waals surface area contributed by atoms with Crippen LogP contribution in [0.4, 0.5) is 17.1 Å². The normalized spacial score (nSPS) is 20.7. The summed E-state index contributed by atoms with van der Waals surface area (Å²) in [5.74, 6) is -2.21. The lowest BCUT2D eigenvalue weighted by Crippen LogP contribution is -2.71. The number of fused-ring (bicyclic) bond motifs is 1. The van der Waals surface area contributed by atoms with Gasteiger partial charge in [-0.05, 0) is 131 Å². The van der Waals surface area contributed by atoms with Crippen LogP contribution in [0.15, 0.2) is 199 Å². The zero-order valence-corrected chi connectivity index (χ0v) is 38.2. The molecule has 0 N–H and O–H groups in total. The Hall–Kier alpha value is -7.04. The molecule has 326 valence electrons. The molecule has 11 heteroatoms. The van der Waals surface area contributed by atoms with E-state index in [1.165, 1.54) is 0 Å². The molecule has 0 bridgehead atoms. The molecule has 2 fully saturated rings. The van der Waals surface area contributed by atoms with Crippen molar-refractivity contribution in [3.8, 4) is 11.5 Å². The number of methoxy groups -OCH3 is 2. The van der Waals surface area contributed by atoms with E-state index >= 15 is 9.59 Å². The zero-order valence-electron chi connectivity index (χ0n) is 35.9. The van der Waals surface area contributed by atoms with Gasteiger partial charge in [-0.25, -0.2) is 0 Å². The molecule has 1 saturated heterocycles. The van der Waals surface area contributed by atoms with Gasteiger partial charge in [-0.15, -0.1) is 0 Å². The van der Waals surface area contributed by atoms with Gasteiger partial charge in [0.05, 0.1) is 43.0 Å². The summed E-state index contributed by atoms with van der Waals surface area (Å²) in [6.07, 6.45) is 2.06. The number of halogens is 2. The molecule has 8 nitrogen and oxygen atoms in total. The average molecular weight is 926 g/mol. The Kier molecular flexibility index (Phi) is 11.5. The van der Waals surface area contributed by atoms with Gasteiger partial charge in [-0.1, -0.05) is 126 Å². The number of allylic oxidation sites excluding steroid dienone is 1. The molecule has 1 aliphatic carbocycles. The van der Waals surface area contributed by atoms with Crippen molar-refractivity contribution in [2.24, 2.45) is 16.4 Å².